The van der Waals surface area contributed by atoms with E-state index in [0.29, 0.717) is 6.04 Å². The van der Waals surface area contributed by atoms with Gasteiger partial charge in [-0.25, -0.2) is 0 Å². The van der Waals surface area contributed by atoms with E-state index in [4.69, 9.17) is 4.74 Å². The fourth-order valence-electron chi connectivity index (χ4n) is 3.20. The number of methoxy groups -OCH3 is 1. The third kappa shape index (κ3) is 3.33. The number of hydrogen-bond donors (Lipinski definition) is 1. The Bertz CT molecular complexity index is 415. The molecule has 112 valence electrons. The minimum Gasteiger partial charge on any atom is -0.383 e. The maximum absolute atomic E-state index is 5.32. The van der Waals surface area contributed by atoms with E-state index in [-0.39, 0.29) is 0 Å². The zero-order valence-electron chi connectivity index (χ0n) is 13.1. The summed E-state index contributed by atoms with van der Waals surface area (Å²) < 4.78 is 5.32. The number of nitrogens with one attached hydrogen (secondary N) is 1. The average Bonchev–Trinajstić information content (AvgIpc) is 2.51. The third-order valence-corrected chi connectivity index (χ3v) is 4.34. The second-order valence-corrected chi connectivity index (χ2v) is 5.50. The molecular weight excluding hydrogens is 248 g/mol. The monoisotopic (exact) mass is 276 g/mol. The molecule has 1 N–H and O–H groups in total. The van der Waals surface area contributed by atoms with Crippen LogP contribution in [0.5, 0.6) is 0 Å². The lowest BCUT2D eigenvalue weighted by molar-refractivity contribution is 0.202. The Hall–Kier alpha value is -1.06. The van der Waals surface area contributed by atoms with Crippen molar-refractivity contribution in [2.24, 2.45) is 0 Å². The number of anilines is 1. The highest BCUT2D eigenvalue weighted by Crippen LogP contribution is 2.29. The molecule has 0 amide bonds. The second-order valence-electron chi connectivity index (χ2n) is 5.50. The van der Waals surface area contributed by atoms with E-state index in [1.54, 1.807) is 7.11 Å². The van der Waals surface area contributed by atoms with Crippen LogP contribution >= 0.6 is 0 Å². The van der Waals surface area contributed by atoms with Crippen molar-refractivity contribution >= 4 is 5.69 Å². The molecule has 0 fully saturated rings. The molecule has 0 saturated heterocycles. The van der Waals surface area contributed by atoms with Gasteiger partial charge in [-0.15, -0.1) is 0 Å². The molecule has 0 aromatic heterocycles. The Morgan fingerprint density at radius 2 is 2.10 bits per heavy atom. The maximum atomic E-state index is 5.32. The third-order valence-electron chi connectivity index (χ3n) is 4.34. The van der Waals surface area contributed by atoms with Crippen molar-refractivity contribution < 1.29 is 4.74 Å². The first-order valence-corrected chi connectivity index (χ1v) is 7.88. The molecule has 1 aliphatic heterocycles. The molecule has 1 heterocycles. The van der Waals surface area contributed by atoms with Gasteiger partial charge in [0.25, 0.3) is 0 Å². The fourth-order valence-corrected chi connectivity index (χ4v) is 3.20. The molecule has 0 atom stereocenters. The molecule has 0 bridgehead atoms. The summed E-state index contributed by atoms with van der Waals surface area (Å²) >= 11 is 0. The Balaban J connectivity index is 2.32. The highest BCUT2D eigenvalue weighted by Gasteiger charge is 2.21. The van der Waals surface area contributed by atoms with Crippen molar-refractivity contribution in [3.8, 4) is 0 Å². The van der Waals surface area contributed by atoms with E-state index in [0.717, 1.165) is 32.7 Å². The van der Waals surface area contributed by atoms with Gasteiger partial charge < -0.3 is 15.0 Å². The Labute approximate surface area is 123 Å². The summed E-state index contributed by atoms with van der Waals surface area (Å²) in [6.45, 7) is 8.43. The summed E-state index contributed by atoms with van der Waals surface area (Å²) in [6, 6.07) is 7.35. The summed E-state index contributed by atoms with van der Waals surface area (Å²) in [6.07, 6.45) is 3.50. The van der Waals surface area contributed by atoms with Crippen LogP contribution in [0.1, 0.15) is 37.8 Å². The molecule has 3 heteroatoms. The molecule has 1 aliphatic rings. The molecule has 0 spiro atoms. The van der Waals surface area contributed by atoms with E-state index >= 15 is 0 Å². The van der Waals surface area contributed by atoms with Crippen LogP contribution in [0.4, 0.5) is 5.69 Å². The molecule has 20 heavy (non-hydrogen) atoms. The number of benzene rings is 1. The standard InChI is InChI=1S/C17H28N2O/c1-4-15(5-2)19(11-12-20-3)17-8-6-7-14-13-18-10-9-16(14)17/h6-8,15,18H,4-5,9-13H2,1-3H3. The molecule has 0 saturated carbocycles. The smallest absolute Gasteiger partial charge is 0.0637 e. The van der Waals surface area contributed by atoms with Crippen LogP contribution < -0.4 is 10.2 Å². The summed E-state index contributed by atoms with van der Waals surface area (Å²) in [5.41, 5.74) is 4.42. The number of fused-ring (bicyclic) bond motifs is 1. The number of hydrogen-bond acceptors (Lipinski definition) is 3. The lowest BCUT2D eigenvalue weighted by atomic mass is 9.97. The largest absolute Gasteiger partial charge is 0.383 e. The zero-order valence-corrected chi connectivity index (χ0v) is 13.1. The predicted molar refractivity (Wildman–Crippen MR) is 85.4 cm³/mol. The van der Waals surface area contributed by atoms with Gasteiger partial charge in [0.15, 0.2) is 0 Å². The van der Waals surface area contributed by atoms with Gasteiger partial charge in [-0.2, -0.15) is 0 Å². The SMILES string of the molecule is CCC(CC)N(CCOC)c1cccc2c1CCNC2. The van der Waals surface area contributed by atoms with Crippen LogP contribution in [0.25, 0.3) is 0 Å². The molecule has 3 nitrogen and oxygen atoms in total. The van der Waals surface area contributed by atoms with Gasteiger partial charge in [-0.1, -0.05) is 26.0 Å². The maximum Gasteiger partial charge on any atom is 0.0637 e. The van der Waals surface area contributed by atoms with Crippen molar-refractivity contribution in [3.63, 3.8) is 0 Å². The summed E-state index contributed by atoms with van der Waals surface area (Å²) in [5.74, 6) is 0. The van der Waals surface area contributed by atoms with Crippen LogP contribution in [-0.2, 0) is 17.7 Å². The minimum absolute atomic E-state index is 0.603. The molecule has 1 aromatic carbocycles. The van der Waals surface area contributed by atoms with Gasteiger partial charge in [-0.05, 0) is 43.0 Å². The highest BCUT2D eigenvalue weighted by molar-refractivity contribution is 5.58. The highest BCUT2D eigenvalue weighted by atomic mass is 16.5. The van der Waals surface area contributed by atoms with Gasteiger partial charge in [0.05, 0.1) is 6.61 Å². The molecular formula is C17H28N2O. The number of nitrogens with zero attached hydrogens (tertiary/aromatic N) is 1. The Morgan fingerprint density at radius 1 is 1.30 bits per heavy atom. The van der Waals surface area contributed by atoms with E-state index in [2.05, 4.69) is 42.3 Å². The molecule has 0 radical (unpaired) electrons. The van der Waals surface area contributed by atoms with Gasteiger partial charge in [-0.3, -0.25) is 0 Å². The number of ether oxygens (including phenoxy) is 1. The fraction of sp³-hybridized carbons (Fsp3) is 0.647. The average molecular weight is 276 g/mol. The van der Waals surface area contributed by atoms with Crippen molar-refractivity contribution in [2.45, 2.75) is 45.7 Å². The first-order chi connectivity index (χ1) is 9.81. The van der Waals surface area contributed by atoms with Crippen LogP contribution in [0.2, 0.25) is 0 Å². The first-order valence-electron chi connectivity index (χ1n) is 7.88. The molecule has 0 aliphatic carbocycles. The van der Waals surface area contributed by atoms with E-state index in [1.807, 2.05) is 0 Å². The quantitative estimate of drug-likeness (QED) is 0.828. The Morgan fingerprint density at radius 3 is 2.80 bits per heavy atom. The summed E-state index contributed by atoms with van der Waals surface area (Å²) in [7, 11) is 1.79. The molecule has 2 rings (SSSR count). The van der Waals surface area contributed by atoms with E-state index in [1.165, 1.54) is 29.7 Å². The van der Waals surface area contributed by atoms with Crippen molar-refractivity contribution in [1.29, 1.82) is 0 Å². The van der Waals surface area contributed by atoms with Crippen LogP contribution in [0.3, 0.4) is 0 Å². The summed E-state index contributed by atoms with van der Waals surface area (Å²) in [4.78, 5) is 2.56. The second kappa shape index (κ2) is 7.65. The van der Waals surface area contributed by atoms with Crippen LogP contribution in [0, 0.1) is 0 Å². The lowest BCUT2D eigenvalue weighted by Gasteiger charge is -2.35. The van der Waals surface area contributed by atoms with Crippen molar-refractivity contribution in [2.75, 3.05) is 31.7 Å². The van der Waals surface area contributed by atoms with E-state index in [9.17, 15) is 0 Å². The number of rotatable bonds is 7. The van der Waals surface area contributed by atoms with Gasteiger partial charge in [0.1, 0.15) is 0 Å². The van der Waals surface area contributed by atoms with Gasteiger partial charge in [0.2, 0.25) is 0 Å². The lowest BCUT2D eigenvalue weighted by Crippen LogP contribution is -2.38. The van der Waals surface area contributed by atoms with Gasteiger partial charge >= 0.3 is 0 Å². The minimum atomic E-state index is 0.603. The normalized spacial score (nSPS) is 14.4. The van der Waals surface area contributed by atoms with E-state index < -0.39 is 0 Å². The van der Waals surface area contributed by atoms with Gasteiger partial charge in [0, 0.05) is 31.9 Å². The predicted octanol–water partition coefficient (Wildman–Crippen LogP) is 2.97. The van der Waals surface area contributed by atoms with Crippen LogP contribution in [-0.4, -0.2) is 32.8 Å². The Kier molecular flexibility index (Phi) is 5.86. The van der Waals surface area contributed by atoms with Crippen molar-refractivity contribution in [1.82, 2.24) is 5.32 Å². The topological polar surface area (TPSA) is 24.5 Å². The van der Waals surface area contributed by atoms with Crippen molar-refractivity contribution in [3.05, 3.63) is 29.3 Å². The first kappa shape index (κ1) is 15.3. The van der Waals surface area contributed by atoms with Crippen LogP contribution in [0.15, 0.2) is 18.2 Å². The molecule has 0 unspecified atom stereocenters. The summed E-state index contributed by atoms with van der Waals surface area (Å²) in [5, 5.41) is 3.46. The zero-order chi connectivity index (χ0) is 14.4. The molecule has 1 aromatic rings.